The van der Waals surface area contributed by atoms with Crippen LogP contribution in [-0.4, -0.2) is 27.4 Å². The molecule has 0 saturated carbocycles. The van der Waals surface area contributed by atoms with E-state index < -0.39 is 0 Å². The molecule has 0 aliphatic carbocycles. The molecule has 0 amide bonds. The number of pyridine rings is 1. The van der Waals surface area contributed by atoms with E-state index in [1.54, 1.807) is 13.8 Å². The molecule has 2 N–H and O–H groups in total. The monoisotopic (exact) mass is 501 g/mol. The van der Waals surface area contributed by atoms with Gasteiger partial charge in [-0.05, 0) is 42.8 Å². The van der Waals surface area contributed by atoms with Crippen LogP contribution in [0.3, 0.4) is 0 Å². The number of nitrogens with zero attached hydrogens (tertiary/aromatic N) is 1. The third-order valence-corrected chi connectivity index (χ3v) is 3.32. The minimum atomic E-state index is -0.375. The molecule has 0 aliphatic heterocycles. The molecule has 0 bridgehead atoms. The van der Waals surface area contributed by atoms with Gasteiger partial charge >= 0.3 is 0 Å². The van der Waals surface area contributed by atoms with Crippen molar-refractivity contribution in [3.8, 4) is 11.3 Å². The predicted octanol–water partition coefficient (Wildman–Crippen LogP) is 3.84. The van der Waals surface area contributed by atoms with E-state index in [-0.39, 0.29) is 32.3 Å². The molecule has 3 aromatic rings. The molecule has 3 rings (SSSR count). The molecule has 2 atom stereocenters. The second-order valence-electron chi connectivity index (χ2n) is 5.59. The van der Waals surface area contributed by atoms with Gasteiger partial charge in [0, 0.05) is 26.3 Å². The molecule has 129 valence electrons. The summed E-state index contributed by atoms with van der Waals surface area (Å²) in [7, 11) is 0. The Morgan fingerprint density at radius 2 is 1.62 bits per heavy atom. The number of aromatic nitrogens is 1. The van der Waals surface area contributed by atoms with E-state index in [2.05, 4.69) is 23.2 Å². The fourth-order valence-corrected chi connectivity index (χ4v) is 2.37. The van der Waals surface area contributed by atoms with Crippen LogP contribution in [-0.2, 0) is 20.1 Å². The van der Waals surface area contributed by atoms with E-state index in [9.17, 15) is 0 Å². The van der Waals surface area contributed by atoms with Crippen LogP contribution in [0.4, 0.5) is 0 Å². The van der Waals surface area contributed by atoms with Crippen LogP contribution in [0.2, 0.25) is 0 Å². The number of hydrogen-bond donors (Lipinski definition) is 2. The smallest absolute Gasteiger partial charge is 0.0536 e. The van der Waals surface area contributed by atoms with Crippen molar-refractivity contribution in [2.24, 2.45) is 0 Å². The zero-order valence-corrected chi connectivity index (χ0v) is 16.2. The fraction of sp³-hybridized carbons (Fsp3) is 0.250. The average Bonchev–Trinajstić information content (AvgIpc) is 2.54. The molecule has 2 unspecified atom stereocenters. The van der Waals surface area contributed by atoms with Crippen LogP contribution in [0.15, 0.2) is 60.8 Å². The van der Waals surface area contributed by atoms with Gasteiger partial charge < -0.3 is 15.2 Å². The van der Waals surface area contributed by atoms with Crippen LogP contribution >= 0.6 is 0 Å². The van der Waals surface area contributed by atoms with Crippen LogP contribution in [0.25, 0.3) is 22.0 Å². The molecule has 0 saturated heterocycles. The van der Waals surface area contributed by atoms with Crippen molar-refractivity contribution >= 4 is 10.8 Å². The van der Waals surface area contributed by atoms with Crippen LogP contribution in [0.5, 0.6) is 0 Å². The second kappa shape index (κ2) is 10.3. The molecule has 2 aromatic carbocycles. The first-order valence-corrected chi connectivity index (χ1v) is 7.75. The quantitative estimate of drug-likeness (QED) is 0.538. The maximum absolute atomic E-state index is 8.56. The Kier molecular flexibility index (Phi) is 8.80. The molecule has 0 aliphatic rings. The standard InChI is InChI=1S/C15H10N.C5H12O2.Ir/c1-2-7-13(8-3-1)15-14-9-5-4-6-12(14)10-11-16-15;1-4(6)3-5(2)7;/h1-7,9-11H;4-7H,3H2,1-2H3;/q-1;;. The summed E-state index contributed by atoms with van der Waals surface area (Å²) in [5, 5.41) is 19.5. The van der Waals surface area contributed by atoms with E-state index in [1.165, 1.54) is 10.8 Å². The summed E-state index contributed by atoms with van der Waals surface area (Å²) in [6.07, 6.45) is 1.57. The Morgan fingerprint density at radius 3 is 2.21 bits per heavy atom. The number of aliphatic hydroxyl groups is 2. The van der Waals surface area contributed by atoms with Crippen LogP contribution < -0.4 is 0 Å². The topological polar surface area (TPSA) is 53.4 Å². The Hall–Kier alpha value is -1.58. The molecule has 1 heterocycles. The minimum Gasteiger partial charge on any atom is -0.393 e. The molecule has 4 heteroatoms. The summed E-state index contributed by atoms with van der Waals surface area (Å²) >= 11 is 0. The molecule has 1 radical (unpaired) electrons. The van der Waals surface area contributed by atoms with Gasteiger partial charge in [0.25, 0.3) is 0 Å². The Bertz CT molecular complexity index is 719. The fourth-order valence-electron chi connectivity index (χ4n) is 2.37. The Balaban J connectivity index is 0.000000312. The SMILES string of the molecule is CC(O)CC(C)O.[Ir].[c-]1ccccc1-c1nccc2ccccc12. The van der Waals surface area contributed by atoms with Crippen molar-refractivity contribution in [2.75, 3.05) is 0 Å². The van der Waals surface area contributed by atoms with E-state index in [4.69, 9.17) is 10.2 Å². The van der Waals surface area contributed by atoms with E-state index in [0.717, 1.165) is 11.3 Å². The first kappa shape index (κ1) is 20.5. The maximum Gasteiger partial charge on any atom is 0.0536 e. The van der Waals surface area contributed by atoms with Crippen LogP contribution in [0, 0.1) is 6.07 Å². The van der Waals surface area contributed by atoms with Crippen molar-refractivity contribution in [3.05, 3.63) is 66.9 Å². The van der Waals surface area contributed by atoms with Gasteiger partial charge in [-0.2, -0.15) is 0 Å². The van der Waals surface area contributed by atoms with Gasteiger partial charge in [0.1, 0.15) is 0 Å². The molecule has 1 aromatic heterocycles. The van der Waals surface area contributed by atoms with Gasteiger partial charge in [0.15, 0.2) is 0 Å². The second-order valence-corrected chi connectivity index (χ2v) is 5.59. The summed E-state index contributed by atoms with van der Waals surface area (Å²) in [6, 6.07) is 21.4. The summed E-state index contributed by atoms with van der Waals surface area (Å²) in [4.78, 5) is 4.45. The number of hydrogen-bond acceptors (Lipinski definition) is 3. The van der Waals surface area contributed by atoms with E-state index >= 15 is 0 Å². The zero-order chi connectivity index (χ0) is 16.7. The molecule has 0 spiro atoms. The molecular formula is C20H22IrNO2-. The number of aliphatic hydroxyl groups excluding tert-OH is 2. The Morgan fingerprint density at radius 1 is 0.958 bits per heavy atom. The molecule has 0 fully saturated rings. The van der Waals surface area contributed by atoms with Gasteiger partial charge in [-0.15, -0.1) is 35.9 Å². The maximum atomic E-state index is 8.56. The molecule has 24 heavy (non-hydrogen) atoms. The summed E-state index contributed by atoms with van der Waals surface area (Å²) in [6.45, 7) is 3.32. The van der Waals surface area contributed by atoms with Gasteiger partial charge in [0.05, 0.1) is 12.2 Å². The normalized spacial score (nSPS) is 12.5. The zero-order valence-electron chi connectivity index (χ0n) is 13.8. The first-order chi connectivity index (χ1) is 11.1. The van der Waals surface area contributed by atoms with Crippen molar-refractivity contribution in [1.82, 2.24) is 4.98 Å². The molecule has 3 nitrogen and oxygen atoms in total. The van der Waals surface area contributed by atoms with Crippen molar-refractivity contribution in [3.63, 3.8) is 0 Å². The van der Waals surface area contributed by atoms with Gasteiger partial charge in [0.2, 0.25) is 0 Å². The van der Waals surface area contributed by atoms with Crippen molar-refractivity contribution in [1.29, 1.82) is 0 Å². The summed E-state index contributed by atoms with van der Waals surface area (Å²) in [5.41, 5.74) is 2.04. The van der Waals surface area contributed by atoms with Crippen LogP contribution in [0.1, 0.15) is 20.3 Å². The van der Waals surface area contributed by atoms with Crippen molar-refractivity contribution < 1.29 is 30.3 Å². The third-order valence-electron chi connectivity index (χ3n) is 3.32. The number of rotatable bonds is 3. The van der Waals surface area contributed by atoms with E-state index in [0.29, 0.717) is 6.42 Å². The van der Waals surface area contributed by atoms with Gasteiger partial charge in [-0.3, -0.25) is 0 Å². The third kappa shape index (κ3) is 6.14. The average molecular weight is 501 g/mol. The van der Waals surface area contributed by atoms with E-state index in [1.807, 2.05) is 48.7 Å². The minimum absolute atomic E-state index is 0. The largest absolute Gasteiger partial charge is 0.393 e. The molecular weight excluding hydrogens is 478 g/mol. The van der Waals surface area contributed by atoms with Gasteiger partial charge in [-0.25, -0.2) is 0 Å². The van der Waals surface area contributed by atoms with Gasteiger partial charge in [-0.1, -0.05) is 24.3 Å². The number of fused-ring (bicyclic) bond motifs is 1. The number of benzene rings is 2. The Labute approximate surface area is 156 Å². The predicted molar refractivity (Wildman–Crippen MR) is 94.0 cm³/mol. The van der Waals surface area contributed by atoms with Crippen molar-refractivity contribution in [2.45, 2.75) is 32.5 Å². The first-order valence-electron chi connectivity index (χ1n) is 7.75. The summed E-state index contributed by atoms with van der Waals surface area (Å²) in [5.74, 6) is 0. The summed E-state index contributed by atoms with van der Waals surface area (Å²) < 4.78 is 0.